The Hall–Kier alpha value is -3.11. The molecule has 2 heterocycles. The summed E-state index contributed by atoms with van der Waals surface area (Å²) in [5.41, 5.74) is 0.250. The van der Waals surface area contributed by atoms with Crippen LogP contribution in [-0.2, 0) is 4.74 Å². The van der Waals surface area contributed by atoms with Crippen LogP contribution in [0.25, 0.3) is 11.1 Å². The second-order valence-corrected chi connectivity index (χ2v) is 8.73. The Morgan fingerprint density at radius 3 is 2.58 bits per heavy atom. The summed E-state index contributed by atoms with van der Waals surface area (Å²) in [5, 5.41) is 3.09. The zero-order valence-electron chi connectivity index (χ0n) is 18.8. The van der Waals surface area contributed by atoms with Crippen molar-refractivity contribution in [3.63, 3.8) is 0 Å². The van der Waals surface area contributed by atoms with Crippen LogP contribution in [0.5, 0.6) is 5.75 Å². The Bertz CT molecular complexity index is 1010. The zero-order valence-corrected chi connectivity index (χ0v) is 18.8. The summed E-state index contributed by atoms with van der Waals surface area (Å²) in [6.07, 6.45) is -2.21. The SMILES string of the molecule is Cc1nc(NC[C@H]2CCCN2C(=O)OC(C)(C)C)ncc1-c1ccc(OC(F)(F)F)cc1F. The highest BCUT2D eigenvalue weighted by molar-refractivity contribution is 5.69. The van der Waals surface area contributed by atoms with Gasteiger partial charge in [-0.05, 0) is 52.7 Å². The van der Waals surface area contributed by atoms with E-state index in [1.807, 2.05) is 20.8 Å². The lowest BCUT2D eigenvalue weighted by Crippen LogP contribution is -2.42. The number of rotatable bonds is 5. The van der Waals surface area contributed by atoms with E-state index in [-0.39, 0.29) is 17.7 Å². The molecule has 11 heteroatoms. The zero-order chi connectivity index (χ0) is 24.4. The van der Waals surface area contributed by atoms with Gasteiger partial charge in [-0.15, -0.1) is 13.2 Å². The first kappa shape index (κ1) is 24.5. The Balaban J connectivity index is 1.67. The lowest BCUT2D eigenvalue weighted by molar-refractivity contribution is -0.274. The van der Waals surface area contributed by atoms with Gasteiger partial charge in [-0.3, -0.25) is 0 Å². The van der Waals surface area contributed by atoms with Gasteiger partial charge >= 0.3 is 12.5 Å². The molecule has 33 heavy (non-hydrogen) atoms. The van der Waals surface area contributed by atoms with Crippen LogP contribution in [0.3, 0.4) is 0 Å². The van der Waals surface area contributed by atoms with Crippen molar-refractivity contribution in [2.45, 2.75) is 58.5 Å². The monoisotopic (exact) mass is 470 g/mol. The minimum Gasteiger partial charge on any atom is -0.444 e. The fourth-order valence-electron chi connectivity index (χ4n) is 3.55. The number of alkyl halides is 3. The number of carbonyl (C=O) groups excluding carboxylic acids is 1. The molecule has 1 amide bonds. The molecule has 1 fully saturated rings. The summed E-state index contributed by atoms with van der Waals surface area (Å²) in [7, 11) is 0. The number of hydrogen-bond donors (Lipinski definition) is 1. The maximum Gasteiger partial charge on any atom is 0.573 e. The van der Waals surface area contributed by atoms with Crippen molar-refractivity contribution in [3.05, 3.63) is 35.9 Å². The average Bonchev–Trinajstić information content (AvgIpc) is 3.13. The summed E-state index contributed by atoms with van der Waals surface area (Å²) in [6.45, 7) is 8.10. The quantitative estimate of drug-likeness (QED) is 0.598. The summed E-state index contributed by atoms with van der Waals surface area (Å²) >= 11 is 0. The molecular weight excluding hydrogens is 444 g/mol. The molecule has 1 saturated heterocycles. The van der Waals surface area contributed by atoms with Gasteiger partial charge in [-0.2, -0.15) is 0 Å². The molecule has 0 radical (unpaired) electrons. The number of amides is 1. The number of ether oxygens (including phenoxy) is 2. The number of nitrogens with one attached hydrogen (secondary N) is 1. The van der Waals surface area contributed by atoms with E-state index >= 15 is 0 Å². The molecule has 0 bridgehead atoms. The lowest BCUT2D eigenvalue weighted by atomic mass is 10.1. The number of aromatic nitrogens is 2. The summed E-state index contributed by atoms with van der Waals surface area (Å²) in [4.78, 5) is 22.6. The molecule has 1 aromatic carbocycles. The van der Waals surface area contributed by atoms with Crippen LogP contribution in [-0.4, -0.2) is 52.1 Å². The molecule has 1 N–H and O–H groups in total. The minimum absolute atomic E-state index is 0.0560. The van der Waals surface area contributed by atoms with Gasteiger partial charge < -0.3 is 19.7 Å². The molecule has 1 aliphatic heterocycles. The second kappa shape index (κ2) is 9.40. The van der Waals surface area contributed by atoms with E-state index in [1.165, 1.54) is 12.3 Å². The third kappa shape index (κ3) is 6.69. The van der Waals surface area contributed by atoms with Crippen molar-refractivity contribution in [1.82, 2.24) is 14.9 Å². The summed E-state index contributed by atoms with van der Waals surface area (Å²) in [5.74, 6) is -1.24. The van der Waals surface area contributed by atoms with Crippen LogP contribution in [0.15, 0.2) is 24.4 Å². The Morgan fingerprint density at radius 1 is 1.24 bits per heavy atom. The first-order chi connectivity index (χ1) is 15.3. The number of benzene rings is 1. The Morgan fingerprint density at radius 2 is 1.97 bits per heavy atom. The van der Waals surface area contributed by atoms with Crippen molar-refractivity contribution < 1.29 is 31.8 Å². The smallest absolute Gasteiger partial charge is 0.444 e. The van der Waals surface area contributed by atoms with Gasteiger partial charge in [-0.25, -0.2) is 19.2 Å². The van der Waals surface area contributed by atoms with Gasteiger partial charge in [0, 0.05) is 36.5 Å². The van der Waals surface area contributed by atoms with Crippen LogP contribution < -0.4 is 10.1 Å². The summed E-state index contributed by atoms with van der Waals surface area (Å²) in [6, 6.07) is 2.80. The number of likely N-dealkylation sites (tertiary alicyclic amines) is 1. The second-order valence-electron chi connectivity index (χ2n) is 8.73. The minimum atomic E-state index is -4.90. The van der Waals surface area contributed by atoms with Gasteiger partial charge in [-0.1, -0.05) is 0 Å². The average molecular weight is 470 g/mol. The molecule has 1 aromatic heterocycles. The molecule has 2 aromatic rings. The molecule has 3 rings (SSSR count). The molecule has 0 unspecified atom stereocenters. The van der Waals surface area contributed by atoms with E-state index in [0.717, 1.165) is 18.9 Å². The predicted molar refractivity (Wildman–Crippen MR) is 113 cm³/mol. The molecular formula is C22H26F4N4O3. The normalized spacial score (nSPS) is 16.6. The third-order valence-electron chi connectivity index (χ3n) is 4.94. The van der Waals surface area contributed by atoms with Gasteiger partial charge in [0.1, 0.15) is 17.2 Å². The molecule has 1 atom stereocenters. The maximum absolute atomic E-state index is 14.4. The fourth-order valence-corrected chi connectivity index (χ4v) is 3.55. The van der Waals surface area contributed by atoms with Crippen molar-refractivity contribution >= 4 is 12.0 Å². The van der Waals surface area contributed by atoms with E-state index in [0.29, 0.717) is 36.4 Å². The lowest BCUT2D eigenvalue weighted by Gasteiger charge is -2.28. The van der Waals surface area contributed by atoms with Gasteiger partial charge in [0.15, 0.2) is 0 Å². The van der Waals surface area contributed by atoms with Crippen LogP contribution in [0.1, 0.15) is 39.3 Å². The standard InChI is InChI=1S/C22H26F4N4O3/c1-13-17(16-8-7-15(10-18(16)23)32-22(24,25)26)12-28-19(29-13)27-11-14-6-5-9-30(14)20(31)33-21(2,3)4/h7-8,10,12,14H,5-6,9,11H2,1-4H3,(H,27,28,29)/t14-/m1/s1. The number of halogens is 4. The number of anilines is 1. The van der Waals surface area contributed by atoms with E-state index in [9.17, 15) is 22.4 Å². The van der Waals surface area contributed by atoms with Crippen LogP contribution in [0, 0.1) is 12.7 Å². The first-order valence-corrected chi connectivity index (χ1v) is 10.5. The molecule has 1 aliphatic rings. The highest BCUT2D eigenvalue weighted by atomic mass is 19.4. The van der Waals surface area contributed by atoms with Crippen LogP contribution in [0.2, 0.25) is 0 Å². The molecule has 0 spiro atoms. The molecule has 7 nitrogen and oxygen atoms in total. The third-order valence-corrected chi connectivity index (χ3v) is 4.94. The van der Waals surface area contributed by atoms with Crippen molar-refractivity contribution in [2.24, 2.45) is 0 Å². The van der Waals surface area contributed by atoms with Gasteiger partial charge in [0.05, 0.1) is 11.7 Å². The number of nitrogens with zero attached hydrogens (tertiary/aromatic N) is 3. The van der Waals surface area contributed by atoms with E-state index in [2.05, 4.69) is 20.0 Å². The number of carbonyl (C=O) groups is 1. The van der Waals surface area contributed by atoms with E-state index in [1.54, 1.807) is 11.8 Å². The maximum atomic E-state index is 14.4. The first-order valence-electron chi connectivity index (χ1n) is 10.5. The topological polar surface area (TPSA) is 76.6 Å². The van der Waals surface area contributed by atoms with E-state index in [4.69, 9.17) is 4.74 Å². The highest BCUT2D eigenvalue weighted by Gasteiger charge is 2.33. The summed E-state index contributed by atoms with van der Waals surface area (Å²) < 4.78 is 60.6. The molecule has 180 valence electrons. The van der Waals surface area contributed by atoms with Crippen molar-refractivity contribution in [3.8, 4) is 16.9 Å². The van der Waals surface area contributed by atoms with Gasteiger partial charge in [0.25, 0.3) is 0 Å². The van der Waals surface area contributed by atoms with Crippen LogP contribution in [0.4, 0.5) is 28.3 Å². The predicted octanol–water partition coefficient (Wildman–Crippen LogP) is 5.30. The van der Waals surface area contributed by atoms with Crippen molar-refractivity contribution in [2.75, 3.05) is 18.4 Å². The Kier molecular flexibility index (Phi) is 6.99. The molecule has 0 saturated carbocycles. The number of aryl methyl sites for hydroxylation is 1. The molecule has 0 aliphatic carbocycles. The van der Waals surface area contributed by atoms with E-state index < -0.39 is 23.5 Å². The Labute approximate surface area is 189 Å². The largest absolute Gasteiger partial charge is 0.573 e. The fraction of sp³-hybridized carbons (Fsp3) is 0.500. The van der Waals surface area contributed by atoms with Crippen LogP contribution >= 0.6 is 0 Å². The number of hydrogen-bond acceptors (Lipinski definition) is 6. The van der Waals surface area contributed by atoms with Crippen molar-refractivity contribution in [1.29, 1.82) is 0 Å². The highest BCUT2D eigenvalue weighted by Crippen LogP contribution is 2.30. The van der Waals surface area contributed by atoms with Gasteiger partial charge in [0.2, 0.25) is 5.95 Å².